The van der Waals surface area contributed by atoms with Gasteiger partial charge in [0, 0.05) is 11.3 Å². The van der Waals surface area contributed by atoms with Gasteiger partial charge in [-0.1, -0.05) is 41.4 Å². The average molecular weight is 419 g/mol. The number of rotatable bonds is 5. The van der Waals surface area contributed by atoms with E-state index in [-0.39, 0.29) is 17.9 Å². The Hall–Kier alpha value is -2.34. The standard InChI is InChI=1S/C20H16Cl2N2O2S/c1-12(13-7-8-16(21)17(22)11-13)23-19(25)14-4-2-5-15(10-14)24-20(26)18-6-3-9-27-18/h2-12H,1H3,(H,23,25)(H,24,26). The Morgan fingerprint density at radius 1 is 0.963 bits per heavy atom. The van der Waals surface area contributed by atoms with Gasteiger partial charge in [-0.25, -0.2) is 0 Å². The molecule has 0 saturated carbocycles. The molecule has 0 radical (unpaired) electrons. The van der Waals surface area contributed by atoms with Gasteiger partial charge in [0.25, 0.3) is 11.8 Å². The van der Waals surface area contributed by atoms with E-state index in [4.69, 9.17) is 23.2 Å². The fraction of sp³-hybridized carbons (Fsp3) is 0.100. The number of halogens is 2. The van der Waals surface area contributed by atoms with E-state index in [9.17, 15) is 9.59 Å². The number of thiophene rings is 1. The lowest BCUT2D eigenvalue weighted by Gasteiger charge is -2.15. The molecule has 1 heterocycles. The summed E-state index contributed by atoms with van der Waals surface area (Å²) >= 11 is 13.3. The van der Waals surface area contributed by atoms with Crippen LogP contribution in [0.5, 0.6) is 0 Å². The predicted molar refractivity (Wildman–Crippen MR) is 111 cm³/mol. The fourth-order valence-electron chi connectivity index (χ4n) is 2.48. The SMILES string of the molecule is CC(NC(=O)c1cccc(NC(=O)c2cccs2)c1)c1ccc(Cl)c(Cl)c1. The van der Waals surface area contributed by atoms with Crippen molar-refractivity contribution in [2.75, 3.05) is 5.32 Å². The first-order valence-corrected chi connectivity index (χ1v) is 9.78. The maximum atomic E-state index is 12.6. The molecule has 27 heavy (non-hydrogen) atoms. The van der Waals surface area contributed by atoms with Crippen molar-refractivity contribution in [2.24, 2.45) is 0 Å². The van der Waals surface area contributed by atoms with Gasteiger partial charge in [-0.15, -0.1) is 11.3 Å². The van der Waals surface area contributed by atoms with Crippen molar-refractivity contribution in [3.63, 3.8) is 0 Å². The summed E-state index contributed by atoms with van der Waals surface area (Å²) < 4.78 is 0. The van der Waals surface area contributed by atoms with Crippen LogP contribution in [0.2, 0.25) is 10.0 Å². The molecule has 1 unspecified atom stereocenters. The van der Waals surface area contributed by atoms with Crippen LogP contribution in [0.1, 0.15) is 38.6 Å². The summed E-state index contributed by atoms with van der Waals surface area (Å²) in [5.74, 6) is -0.451. The molecule has 0 aliphatic heterocycles. The minimum atomic E-state index is -0.253. The van der Waals surface area contributed by atoms with E-state index in [0.29, 0.717) is 26.2 Å². The molecule has 3 rings (SSSR count). The lowest BCUT2D eigenvalue weighted by Crippen LogP contribution is -2.26. The first kappa shape index (κ1) is 19.4. The number of amides is 2. The molecule has 0 aliphatic carbocycles. The van der Waals surface area contributed by atoms with Crippen LogP contribution >= 0.6 is 34.5 Å². The molecule has 4 nitrogen and oxygen atoms in total. The molecule has 0 spiro atoms. The van der Waals surface area contributed by atoms with Crippen LogP contribution in [-0.4, -0.2) is 11.8 Å². The Morgan fingerprint density at radius 3 is 2.48 bits per heavy atom. The van der Waals surface area contributed by atoms with Crippen molar-refractivity contribution < 1.29 is 9.59 Å². The average Bonchev–Trinajstić information content (AvgIpc) is 3.19. The number of benzene rings is 2. The van der Waals surface area contributed by atoms with Crippen LogP contribution in [0.15, 0.2) is 60.0 Å². The number of carbonyl (C=O) groups is 2. The second-order valence-electron chi connectivity index (χ2n) is 5.88. The molecular weight excluding hydrogens is 403 g/mol. The van der Waals surface area contributed by atoms with Gasteiger partial charge in [-0.3, -0.25) is 9.59 Å². The third kappa shape index (κ3) is 4.89. The highest BCUT2D eigenvalue weighted by molar-refractivity contribution is 7.12. The molecule has 3 aromatic rings. The van der Waals surface area contributed by atoms with Crippen molar-refractivity contribution in [1.82, 2.24) is 5.32 Å². The predicted octanol–water partition coefficient (Wildman–Crippen LogP) is 5.80. The van der Waals surface area contributed by atoms with Crippen molar-refractivity contribution in [3.8, 4) is 0 Å². The van der Waals surface area contributed by atoms with Crippen molar-refractivity contribution in [2.45, 2.75) is 13.0 Å². The summed E-state index contributed by atoms with van der Waals surface area (Å²) in [6.07, 6.45) is 0. The zero-order chi connectivity index (χ0) is 19.4. The Bertz CT molecular complexity index is 974. The highest BCUT2D eigenvalue weighted by Crippen LogP contribution is 2.25. The largest absolute Gasteiger partial charge is 0.346 e. The zero-order valence-electron chi connectivity index (χ0n) is 14.3. The maximum Gasteiger partial charge on any atom is 0.265 e. The van der Waals surface area contributed by atoms with Crippen LogP contribution in [0, 0.1) is 0 Å². The van der Waals surface area contributed by atoms with Crippen LogP contribution in [0.25, 0.3) is 0 Å². The van der Waals surface area contributed by atoms with Crippen molar-refractivity contribution in [1.29, 1.82) is 0 Å². The summed E-state index contributed by atoms with van der Waals surface area (Å²) in [5.41, 5.74) is 1.86. The molecular formula is C20H16Cl2N2O2S. The maximum absolute atomic E-state index is 12.6. The number of carbonyl (C=O) groups excluding carboxylic acids is 2. The molecule has 0 aliphatic rings. The van der Waals surface area contributed by atoms with E-state index in [2.05, 4.69) is 10.6 Å². The molecule has 1 atom stereocenters. The van der Waals surface area contributed by atoms with Crippen LogP contribution in [0.3, 0.4) is 0 Å². The number of hydrogen-bond acceptors (Lipinski definition) is 3. The Balaban J connectivity index is 1.69. The van der Waals surface area contributed by atoms with Crippen LogP contribution < -0.4 is 10.6 Å². The monoisotopic (exact) mass is 418 g/mol. The van der Waals surface area contributed by atoms with E-state index < -0.39 is 0 Å². The van der Waals surface area contributed by atoms with Gasteiger partial charge < -0.3 is 10.6 Å². The van der Waals surface area contributed by atoms with Crippen molar-refractivity contribution >= 4 is 52.0 Å². The van der Waals surface area contributed by atoms with Crippen LogP contribution in [0.4, 0.5) is 5.69 Å². The second kappa shape index (κ2) is 8.57. The van der Waals surface area contributed by atoms with Gasteiger partial charge in [0.05, 0.1) is 21.0 Å². The van der Waals surface area contributed by atoms with E-state index >= 15 is 0 Å². The first-order valence-electron chi connectivity index (χ1n) is 8.15. The van der Waals surface area contributed by atoms with Gasteiger partial charge in [-0.2, -0.15) is 0 Å². The Labute approximate surface area is 171 Å². The highest BCUT2D eigenvalue weighted by Gasteiger charge is 2.14. The molecule has 138 valence electrons. The molecule has 0 saturated heterocycles. The lowest BCUT2D eigenvalue weighted by atomic mass is 10.1. The molecule has 7 heteroatoms. The van der Waals surface area contributed by atoms with Crippen molar-refractivity contribution in [3.05, 3.63) is 86.0 Å². The molecule has 1 aromatic heterocycles. The third-order valence-electron chi connectivity index (χ3n) is 3.92. The summed E-state index contributed by atoms with van der Waals surface area (Å²) in [6, 6.07) is 15.3. The molecule has 2 amide bonds. The minimum absolute atomic E-state index is 0.202. The Morgan fingerprint density at radius 2 is 1.78 bits per heavy atom. The Kier molecular flexibility index (Phi) is 6.16. The topological polar surface area (TPSA) is 58.2 Å². The fourth-order valence-corrected chi connectivity index (χ4v) is 3.41. The first-order chi connectivity index (χ1) is 12.9. The van der Waals surface area contributed by atoms with Gasteiger partial charge in [-0.05, 0) is 54.3 Å². The molecule has 2 aromatic carbocycles. The quantitative estimate of drug-likeness (QED) is 0.549. The highest BCUT2D eigenvalue weighted by atomic mass is 35.5. The van der Waals surface area contributed by atoms with Gasteiger partial charge >= 0.3 is 0 Å². The minimum Gasteiger partial charge on any atom is -0.346 e. The number of anilines is 1. The third-order valence-corrected chi connectivity index (χ3v) is 5.53. The summed E-state index contributed by atoms with van der Waals surface area (Å²) in [4.78, 5) is 25.3. The smallest absolute Gasteiger partial charge is 0.265 e. The lowest BCUT2D eigenvalue weighted by molar-refractivity contribution is 0.0938. The summed E-state index contributed by atoms with van der Waals surface area (Å²) in [7, 11) is 0. The van der Waals surface area contributed by atoms with E-state index in [0.717, 1.165) is 5.56 Å². The van der Waals surface area contributed by atoms with Gasteiger partial charge in [0.2, 0.25) is 0 Å². The molecule has 0 bridgehead atoms. The van der Waals surface area contributed by atoms with Crippen LogP contribution in [-0.2, 0) is 0 Å². The second-order valence-corrected chi connectivity index (χ2v) is 7.64. The van der Waals surface area contributed by atoms with Gasteiger partial charge in [0.15, 0.2) is 0 Å². The number of nitrogens with one attached hydrogen (secondary N) is 2. The summed E-state index contributed by atoms with van der Waals surface area (Å²) in [6.45, 7) is 1.86. The van der Waals surface area contributed by atoms with Gasteiger partial charge in [0.1, 0.15) is 0 Å². The normalized spacial score (nSPS) is 11.7. The molecule has 0 fully saturated rings. The van der Waals surface area contributed by atoms with E-state index in [1.165, 1.54) is 11.3 Å². The van der Waals surface area contributed by atoms with E-state index in [1.54, 1.807) is 42.5 Å². The number of hydrogen-bond donors (Lipinski definition) is 2. The van der Waals surface area contributed by atoms with E-state index in [1.807, 2.05) is 24.4 Å². The zero-order valence-corrected chi connectivity index (χ0v) is 16.7. The molecule has 2 N–H and O–H groups in total. The summed E-state index contributed by atoms with van der Waals surface area (Å²) in [5, 5.41) is 8.45.